The van der Waals surface area contributed by atoms with Crippen molar-refractivity contribution in [3.8, 4) is 0 Å². The van der Waals surface area contributed by atoms with E-state index in [0.717, 1.165) is 51.0 Å². The van der Waals surface area contributed by atoms with Gasteiger partial charge in [-0.3, -0.25) is 9.69 Å². The molecule has 1 aliphatic heterocycles. The molecular weight excluding hydrogens is 226 g/mol. The van der Waals surface area contributed by atoms with Gasteiger partial charge < -0.3 is 4.74 Å². The van der Waals surface area contributed by atoms with Gasteiger partial charge in [0.15, 0.2) is 0 Å². The highest BCUT2D eigenvalue weighted by Gasteiger charge is 2.32. The monoisotopic (exact) mass is 251 g/mol. The minimum atomic E-state index is -0.0166. The molecule has 102 valence electrons. The quantitative estimate of drug-likeness (QED) is 0.706. The molecule has 1 atom stereocenters. The maximum atomic E-state index is 12.1. The van der Waals surface area contributed by atoms with Crippen LogP contribution in [0.2, 0.25) is 0 Å². The largest absolute Gasteiger partial charge is 0.431 e. The standard InChI is InChI=1S/C15H25NO2/c1-15(2,3)16-10-6-7-12(11-16)14(17)18-13-8-4-5-9-13/h8,12H,4-7,9-11H2,1-3H3. The molecule has 1 aliphatic carbocycles. The highest BCUT2D eigenvalue weighted by atomic mass is 16.5. The van der Waals surface area contributed by atoms with Crippen LogP contribution in [0.25, 0.3) is 0 Å². The van der Waals surface area contributed by atoms with E-state index < -0.39 is 0 Å². The number of carbonyl (C=O) groups excluding carboxylic acids is 1. The number of hydrogen-bond acceptors (Lipinski definition) is 3. The van der Waals surface area contributed by atoms with Crippen LogP contribution in [0.15, 0.2) is 11.8 Å². The van der Waals surface area contributed by atoms with Crippen molar-refractivity contribution in [3.63, 3.8) is 0 Å². The molecule has 18 heavy (non-hydrogen) atoms. The first-order valence-electron chi connectivity index (χ1n) is 7.12. The van der Waals surface area contributed by atoms with E-state index in [4.69, 9.17) is 4.74 Å². The van der Waals surface area contributed by atoms with Gasteiger partial charge in [-0.15, -0.1) is 0 Å². The number of nitrogens with zero attached hydrogens (tertiary/aromatic N) is 1. The lowest BCUT2D eigenvalue weighted by Crippen LogP contribution is -2.48. The fraction of sp³-hybridized carbons (Fsp3) is 0.800. The summed E-state index contributed by atoms with van der Waals surface area (Å²) in [7, 11) is 0. The molecule has 2 rings (SSSR count). The van der Waals surface area contributed by atoms with Gasteiger partial charge in [-0.2, -0.15) is 0 Å². The third-order valence-electron chi connectivity index (χ3n) is 3.93. The molecule has 0 N–H and O–H groups in total. The molecule has 1 heterocycles. The number of allylic oxidation sites excluding steroid dienone is 2. The summed E-state index contributed by atoms with van der Waals surface area (Å²) >= 11 is 0. The molecule has 1 fully saturated rings. The zero-order chi connectivity index (χ0) is 13.2. The lowest BCUT2D eigenvalue weighted by atomic mass is 9.93. The first-order chi connectivity index (χ1) is 8.47. The van der Waals surface area contributed by atoms with Crippen LogP contribution < -0.4 is 0 Å². The zero-order valence-electron chi connectivity index (χ0n) is 11.9. The summed E-state index contributed by atoms with van der Waals surface area (Å²) in [5, 5.41) is 0. The molecule has 0 radical (unpaired) electrons. The summed E-state index contributed by atoms with van der Waals surface area (Å²) in [6.45, 7) is 8.56. The predicted molar refractivity (Wildman–Crippen MR) is 72.1 cm³/mol. The average Bonchev–Trinajstić information content (AvgIpc) is 2.81. The summed E-state index contributed by atoms with van der Waals surface area (Å²) < 4.78 is 5.51. The SMILES string of the molecule is CC(C)(C)N1CCCC(C(=O)OC2=CCCC2)C1. The van der Waals surface area contributed by atoms with Gasteiger partial charge >= 0.3 is 5.97 Å². The van der Waals surface area contributed by atoms with Gasteiger partial charge in [0.05, 0.1) is 5.92 Å². The Morgan fingerprint density at radius 3 is 2.78 bits per heavy atom. The summed E-state index contributed by atoms with van der Waals surface area (Å²) in [5.41, 5.74) is 0.144. The van der Waals surface area contributed by atoms with E-state index >= 15 is 0 Å². The van der Waals surface area contributed by atoms with Gasteiger partial charge in [0, 0.05) is 18.5 Å². The van der Waals surface area contributed by atoms with Gasteiger partial charge in [-0.25, -0.2) is 0 Å². The van der Waals surface area contributed by atoms with E-state index in [9.17, 15) is 4.79 Å². The lowest BCUT2D eigenvalue weighted by Gasteiger charge is -2.40. The molecule has 0 amide bonds. The first-order valence-corrected chi connectivity index (χ1v) is 7.12. The molecule has 1 unspecified atom stereocenters. The number of likely N-dealkylation sites (tertiary alicyclic amines) is 1. The smallest absolute Gasteiger partial charge is 0.315 e. The first kappa shape index (κ1) is 13.6. The molecule has 1 saturated heterocycles. The van der Waals surface area contributed by atoms with Crippen molar-refractivity contribution in [2.24, 2.45) is 5.92 Å². The van der Waals surface area contributed by atoms with Crippen LogP contribution >= 0.6 is 0 Å². The molecule has 2 aliphatic rings. The fourth-order valence-electron chi connectivity index (χ4n) is 2.73. The Bertz CT molecular complexity index is 341. The van der Waals surface area contributed by atoms with Crippen molar-refractivity contribution >= 4 is 5.97 Å². The number of ether oxygens (including phenoxy) is 1. The third-order valence-corrected chi connectivity index (χ3v) is 3.93. The van der Waals surface area contributed by atoms with Crippen LogP contribution in [0, 0.1) is 5.92 Å². The number of carbonyl (C=O) groups is 1. The van der Waals surface area contributed by atoms with Crippen molar-refractivity contribution in [2.45, 2.75) is 58.4 Å². The van der Waals surface area contributed by atoms with Crippen LogP contribution in [-0.2, 0) is 9.53 Å². The van der Waals surface area contributed by atoms with Gasteiger partial charge in [0.2, 0.25) is 0 Å². The van der Waals surface area contributed by atoms with Crippen molar-refractivity contribution in [3.05, 3.63) is 11.8 Å². The van der Waals surface area contributed by atoms with E-state index in [1.807, 2.05) is 0 Å². The third kappa shape index (κ3) is 3.35. The molecular formula is C15H25NO2. The minimum Gasteiger partial charge on any atom is -0.431 e. The Morgan fingerprint density at radius 2 is 2.17 bits per heavy atom. The number of hydrogen-bond donors (Lipinski definition) is 0. The van der Waals surface area contributed by atoms with Crippen LogP contribution in [0.1, 0.15) is 52.9 Å². The van der Waals surface area contributed by atoms with Gasteiger partial charge in [-0.1, -0.05) is 0 Å². The van der Waals surface area contributed by atoms with Crippen LogP contribution in [0.3, 0.4) is 0 Å². The van der Waals surface area contributed by atoms with E-state index in [2.05, 4.69) is 31.7 Å². The highest BCUT2D eigenvalue weighted by molar-refractivity contribution is 5.74. The molecule has 0 aromatic carbocycles. The maximum Gasteiger partial charge on any atom is 0.315 e. The normalized spacial score (nSPS) is 25.9. The molecule has 0 aromatic heterocycles. The molecule has 3 nitrogen and oxygen atoms in total. The topological polar surface area (TPSA) is 29.5 Å². The summed E-state index contributed by atoms with van der Waals surface area (Å²) in [6, 6.07) is 0. The Balaban J connectivity index is 1.90. The lowest BCUT2D eigenvalue weighted by molar-refractivity contribution is -0.147. The molecule has 0 spiro atoms. The maximum absolute atomic E-state index is 12.1. The zero-order valence-corrected chi connectivity index (χ0v) is 11.9. The van der Waals surface area contributed by atoms with E-state index in [1.165, 1.54) is 0 Å². The second-order valence-corrected chi connectivity index (χ2v) is 6.44. The number of rotatable bonds is 2. The van der Waals surface area contributed by atoms with Crippen molar-refractivity contribution in [2.75, 3.05) is 13.1 Å². The Morgan fingerprint density at radius 1 is 1.39 bits per heavy atom. The van der Waals surface area contributed by atoms with Crippen LogP contribution in [0.4, 0.5) is 0 Å². The number of piperidine rings is 1. The van der Waals surface area contributed by atoms with Gasteiger partial charge in [0.1, 0.15) is 5.76 Å². The minimum absolute atomic E-state index is 0.0166. The van der Waals surface area contributed by atoms with Crippen LogP contribution in [-0.4, -0.2) is 29.5 Å². The second-order valence-electron chi connectivity index (χ2n) is 6.44. The Labute approximate surface area is 110 Å². The Kier molecular flexibility index (Phi) is 4.10. The van der Waals surface area contributed by atoms with Gasteiger partial charge in [0.25, 0.3) is 0 Å². The number of esters is 1. The average molecular weight is 251 g/mol. The fourth-order valence-corrected chi connectivity index (χ4v) is 2.73. The summed E-state index contributed by atoms with van der Waals surface area (Å²) in [4.78, 5) is 14.5. The Hall–Kier alpha value is -0.830. The van der Waals surface area contributed by atoms with Crippen molar-refractivity contribution in [1.29, 1.82) is 0 Å². The predicted octanol–water partition coefficient (Wildman–Crippen LogP) is 3.11. The van der Waals surface area contributed by atoms with Crippen molar-refractivity contribution in [1.82, 2.24) is 4.90 Å². The summed E-state index contributed by atoms with van der Waals surface area (Å²) in [6.07, 6.45) is 7.24. The van der Waals surface area contributed by atoms with Crippen molar-refractivity contribution < 1.29 is 9.53 Å². The van der Waals surface area contributed by atoms with Gasteiger partial charge in [-0.05, 0) is 59.1 Å². The summed E-state index contributed by atoms with van der Waals surface area (Å²) in [5.74, 6) is 0.935. The van der Waals surface area contributed by atoms with E-state index in [-0.39, 0.29) is 17.4 Å². The molecule has 0 aromatic rings. The molecule has 0 saturated carbocycles. The molecule has 0 bridgehead atoms. The van der Waals surface area contributed by atoms with Crippen LogP contribution in [0.5, 0.6) is 0 Å². The highest BCUT2D eigenvalue weighted by Crippen LogP contribution is 2.26. The second kappa shape index (κ2) is 5.43. The van der Waals surface area contributed by atoms with E-state index in [0.29, 0.717) is 0 Å². The van der Waals surface area contributed by atoms with E-state index in [1.54, 1.807) is 0 Å². The molecule has 3 heteroatoms.